The molecule has 252 valence electrons. The number of halogens is 1. The van der Waals surface area contributed by atoms with E-state index in [4.69, 9.17) is 14.3 Å². The van der Waals surface area contributed by atoms with Gasteiger partial charge < -0.3 is 25.0 Å². The van der Waals surface area contributed by atoms with Crippen LogP contribution < -0.4 is 25.3 Å². The molecule has 8 rings (SSSR count). The standard InChI is InChI=1S/C37H38FN7O4/c1-3-36(46)42-29-14-30(33(47-2)15-32(29)44-21-37(22-44)19-43(20-37)28-17-48-18-28)41-34-16-35(40-23-39-34)45-31(10-11-49-45)26-8-4-6-24(12-26)25-7-5-9-27(38)13-25/h3-9,12-16,23,28,31H,1,10-11,17-22H2,2H3,(H,42,46)(H,39,40,41). The molecule has 4 aromatic rings. The third-order valence-corrected chi connectivity index (χ3v) is 9.84. The number of hydroxylamine groups is 1. The first kappa shape index (κ1) is 31.2. The fraction of sp³-hybridized carbons (Fsp3) is 0.324. The summed E-state index contributed by atoms with van der Waals surface area (Å²) < 4.78 is 25.2. The summed E-state index contributed by atoms with van der Waals surface area (Å²) in [5.41, 5.74) is 5.22. The maximum absolute atomic E-state index is 14.0. The third kappa shape index (κ3) is 6.07. The zero-order valence-electron chi connectivity index (χ0n) is 27.3. The molecule has 4 aliphatic rings. The van der Waals surface area contributed by atoms with E-state index in [1.54, 1.807) is 18.2 Å². The SMILES string of the molecule is C=CC(=O)Nc1cc(Nc2cc(N3OCCC3c3cccc(-c4cccc(F)c4)c3)ncn2)c(OC)cc1N1CC2(C1)CN(C1COC1)C2. The second kappa shape index (κ2) is 12.8. The van der Waals surface area contributed by atoms with Crippen molar-refractivity contribution >= 4 is 34.6 Å². The van der Waals surface area contributed by atoms with E-state index >= 15 is 0 Å². The van der Waals surface area contributed by atoms with E-state index in [1.165, 1.54) is 24.5 Å². The van der Waals surface area contributed by atoms with Crippen LogP contribution in [0.1, 0.15) is 18.0 Å². The predicted octanol–water partition coefficient (Wildman–Crippen LogP) is 5.56. The lowest BCUT2D eigenvalue weighted by Crippen LogP contribution is -2.75. The van der Waals surface area contributed by atoms with Crippen molar-refractivity contribution in [3.05, 3.63) is 97.1 Å². The van der Waals surface area contributed by atoms with Gasteiger partial charge in [0.05, 0.1) is 56.1 Å². The molecule has 1 spiro atoms. The number of likely N-dealkylation sites (tertiary alicyclic amines) is 1. The second-order valence-electron chi connectivity index (χ2n) is 13.2. The minimum Gasteiger partial charge on any atom is -0.494 e. The van der Waals surface area contributed by atoms with Crippen molar-refractivity contribution in [2.24, 2.45) is 5.41 Å². The van der Waals surface area contributed by atoms with Gasteiger partial charge in [-0.05, 0) is 47.0 Å². The van der Waals surface area contributed by atoms with Crippen molar-refractivity contribution in [3.8, 4) is 16.9 Å². The molecule has 0 aliphatic carbocycles. The molecule has 1 unspecified atom stereocenters. The lowest BCUT2D eigenvalue weighted by atomic mass is 9.71. The fourth-order valence-corrected chi connectivity index (χ4v) is 7.29. The zero-order chi connectivity index (χ0) is 33.5. The fourth-order valence-electron chi connectivity index (χ4n) is 7.29. The topological polar surface area (TPSA) is 104 Å². The van der Waals surface area contributed by atoms with Crippen LogP contribution in [0, 0.1) is 11.2 Å². The highest BCUT2D eigenvalue weighted by Crippen LogP contribution is 2.47. The molecule has 0 bridgehead atoms. The van der Waals surface area contributed by atoms with Crippen LogP contribution in [0.2, 0.25) is 0 Å². The Balaban J connectivity index is 1.02. The smallest absolute Gasteiger partial charge is 0.247 e. The largest absolute Gasteiger partial charge is 0.494 e. The Morgan fingerprint density at radius 2 is 1.82 bits per heavy atom. The number of benzene rings is 3. The van der Waals surface area contributed by atoms with Gasteiger partial charge in [0.2, 0.25) is 5.91 Å². The van der Waals surface area contributed by atoms with Crippen molar-refractivity contribution in [2.45, 2.75) is 18.5 Å². The van der Waals surface area contributed by atoms with Crippen molar-refractivity contribution in [1.29, 1.82) is 0 Å². The molecule has 1 amide bonds. The van der Waals surface area contributed by atoms with E-state index in [1.807, 2.05) is 42.5 Å². The molecule has 2 N–H and O–H groups in total. The first-order valence-electron chi connectivity index (χ1n) is 16.5. The molecule has 5 heterocycles. The number of nitrogens with one attached hydrogen (secondary N) is 2. The maximum atomic E-state index is 14.0. The van der Waals surface area contributed by atoms with Gasteiger partial charge >= 0.3 is 0 Å². The van der Waals surface area contributed by atoms with Crippen LogP contribution in [0.25, 0.3) is 11.1 Å². The molecule has 1 atom stereocenters. The summed E-state index contributed by atoms with van der Waals surface area (Å²) in [6, 6.07) is 20.7. The molecule has 11 nitrogen and oxygen atoms in total. The summed E-state index contributed by atoms with van der Waals surface area (Å²) in [5.74, 6) is 1.15. The second-order valence-corrected chi connectivity index (χ2v) is 13.2. The van der Waals surface area contributed by atoms with E-state index in [2.05, 4.69) is 43.0 Å². The molecular formula is C37H38FN7O4. The lowest BCUT2D eigenvalue weighted by Gasteiger charge is -2.63. The van der Waals surface area contributed by atoms with Gasteiger partial charge in [0.1, 0.15) is 23.7 Å². The molecule has 0 radical (unpaired) electrons. The van der Waals surface area contributed by atoms with Crippen LogP contribution in [0.15, 0.2) is 85.7 Å². The number of aromatic nitrogens is 2. The first-order chi connectivity index (χ1) is 23.9. The normalized spacial score (nSPS) is 19.9. The number of carbonyl (C=O) groups excluding carboxylic acids is 1. The highest BCUT2D eigenvalue weighted by atomic mass is 19.1. The van der Waals surface area contributed by atoms with Gasteiger partial charge in [0, 0.05) is 50.1 Å². The number of amides is 1. The van der Waals surface area contributed by atoms with Gasteiger partial charge in [-0.3, -0.25) is 14.5 Å². The number of anilines is 5. The Kier molecular flexibility index (Phi) is 8.14. The molecule has 12 heteroatoms. The molecule has 4 fully saturated rings. The maximum Gasteiger partial charge on any atom is 0.247 e. The quantitative estimate of drug-likeness (QED) is 0.210. The van der Waals surface area contributed by atoms with Crippen LogP contribution in [0.4, 0.5) is 33.1 Å². The Hall–Kier alpha value is -5.04. The molecule has 0 saturated carbocycles. The molecule has 4 saturated heterocycles. The number of ether oxygens (including phenoxy) is 2. The average molecular weight is 664 g/mol. The average Bonchev–Trinajstić information content (AvgIpc) is 3.55. The Bertz CT molecular complexity index is 1890. The summed E-state index contributed by atoms with van der Waals surface area (Å²) in [5, 5.41) is 8.16. The number of methoxy groups -OCH3 is 1. The summed E-state index contributed by atoms with van der Waals surface area (Å²) in [7, 11) is 1.63. The Labute approximate surface area is 284 Å². The van der Waals surface area contributed by atoms with Gasteiger partial charge in [0.15, 0.2) is 5.82 Å². The Morgan fingerprint density at radius 1 is 1.02 bits per heavy atom. The number of carbonyl (C=O) groups is 1. The molecule has 3 aromatic carbocycles. The van der Waals surface area contributed by atoms with Crippen LogP contribution >= 0.6 is 0 Å². The van der Waals surface area contributed by atoms with E-state index < -0.39 is 0 Å². The van der Waals surface area contributed by atoms with Crippen molar-refractivity contribution in [3.63, 3.8) is 0 Å². The van der Waals surface area contributed by atoms with Crippen molar-refractivity contribution < 1.29 is 23.5 Å². The van der Waals surface area contributed by atoms with Gasteiger partial charge in [-0.1, -0.05) is 36.9 Å². The highest BCUT2D eigenvalue weighted by Gasteiger charge is 2.54. The Morgan fingerprint density at radius 3 is 2.55 bits per heavy atom. The molecule has 1 aromatic heterocycles. The van der Waals surface area contributed by atoms with Crippen molar-refractivity contribution in [2.75, 3.05) is 73.7 Å². The highest BCUT2D eigenvalue weighted by molar-refractivity contribution is 6.02. The monoisotopic (exact) mass is 663 g/mol. The van der Waals surface area contributed by atoms with Crippen LogP contribution in [0.3, 0.4) is 0 Å². The summed E-state index contributed by atoms with van der Waals surface area (Å²) >= 11 is 0. The van der Waals surface area contributed by atoms with Gasteiger partial charge in [-0.25, -0.2) is 19.4 Å². The first-order valence-corrected chi connectivity index (χ1v) is 16.5. The molecular weight excluding hydrogens is 625 g/mol. The van der Waals surface area contributed by atoms with E-state index in [-0.39, 0.29) is 23.2 Å². The van der Waals surface area contributed by atoms with Gasteiger partial charge in [-0.2, -0.15) is 0 Å². The number of hydrogen-bond acceptors (Lipinski definition) is 10. The number of rotatable bonds is 10. The van der Waals surface area contributed by atoms with Crippen LogP contribution in [-0.2, 0) is 14.4 Å². The lowest BCUT2D eigenvalue weighted by molar-refractivity contribution is -0.137. The van der Waals surface area contributed by atoms with E-state index in [9.17, 15) is 9.18 Å². The van der Waals surface area contributed by atoms with Gasteiger partial charge in [-0.15, -0.1) is 0 Å². The van der Waals surface area contributed by atoms with Crippen LogP contribution in [0.5, 0.6) is 5.75 Å². The number of hydrogen-bond donors (Lipinski definition) is 2. The third-order valence-electron chi connectivity index (χ3n) is 9.84. The molecule has 4 aliphatic heterocycles. The number of nitrogens with zero attached hydrogens (tertiary/aromatic N) is 5. The van der Waals surface area contributed by atoms with Crippen LogP contribution in [-0.4, -0.2) is 79.9 Å². The van der Waals surface area contributed by atoms with E-state index in [0.717, 1.165) is 68.2 Å². The zero-order valence-corrected chi connectivity index (χ0v) is 27.3. The summed E-state index contributed by atoms with van der Waals surface area (Å²) in [4.78, 5) is 32.4. The minimum atomic E-state index is -0.296. The van der Waals surface area contributed by atoms with Crippen molar-refractivity contribution in [1.82, 2.24) is 14.9 Å². The van der Waals surface area contributed by atoms with E-state index in [0.29, 0.717) is 41.4 Å². The predicted molar refractivity (Wildman–Crippen MR) is 186 cm³/mol. The summed E-state index contributed by atoms with van der Waals surface area (Å²) in [6.45, 7) is 9.76. The minimum absolute atomic E-state index is 0.101. The molecule has 49 heavy (non-hydrogen) atoms. The summed E-state index contributed by atoms with van der Waals surface area (Å²) in [6.07, 6.45) is 3.50. The van der Waals surface area contributed by atoms with Gasteiger partial charge in [0.25, 0.3) is 0 Å².